The van der Waals surface area contributed by atoms with Gasteiger partial charge in [-0.3, -0.25) is 0 Å². The molecule has 0 saturated heterocycles. The molecule has 1 heteroatoms. The van der Waals surface area contributed by atoms with E-state index in [4.69, 9.17) is 0 Å². The van der Waals surface area contributed by atoms with Crippen LogP contribution in [0.4, 0.5) is 0 Å². The van der Waals surface area contributed by atoms with Gasteiger partial charge in [0.2, 0.25) is 0 Å². The van der Waals surface area contributed by atoms with Crippen LogP contribution in [0.15, 0.2) is 24.3 Å². The Morgan fingerprint density at radius 2 is 1.78 bits per heavy atom. The molecule has 1 aromatic carbocycles. The molecule has 1 aliphatic carbocycles. The Hall–Kier alpha value is -0.820. The third-order valence-electron chi connectivity index (χ3n) is 4.41. The summed E-state index contributed by atoms with van der Waals surface area (Å²) in [6, 6.07) is 8.53. The van der Waals surface area contributed by atoms with Gasteiger partial charge in [0.25, 0.3) is 0 Å². The number of aliphatic hydroxyl groups excluding tert-OH is 1. The van der Waals surface area contributed by atoms with Crippen molar-refractivity contribution in [1.82, 2.24) is 0 Å². The maximum Gasteiger partial charge on any atom is 0.0571 e. The molecule has 100 valence electrons. The van der Waals surface area contributed by atoms with Gasteiger partial charge in [-0.15, -0.1) is 0 Å². The van der Waals surface area contributed by atoms with E-state index in [0.717, 1.165) is 12.8 Å². The summed E-state index contributed by atoms with van der Waals surface area (Å²) in [4.78, 5) is 0. The normalized spacial score (nSPS) is 19.4. The summed E-state index contributed by atoms with van der Waals surface area (Å²) in [5.41, 5.74) is 2.75. The van der Waals surface area contributed by atoms with Crippen LogP contribution in [-0.4, -0.2) is 11.2 Å². The molecule has 1 fully saturated rings. The van der Waals surface area contributed by atoms with E-state index in [2.05, 4.69) is 31.2 Å². The predicted octanol–water partition coefficient (Wildman–Crippen LogP) is 4.26. The van der Waals surface area contributed by atoms with E-state index < -0.39 is 0 Å². The Morgan fingerprint density at radius 3 is 2.44 bits per heavy atom. The average Bonchev–Trinajstić information content (AvgIpc) is 2.66. The van der Waals surface area contributed by atoms with Crippen LogP contribution in [0.5, 0.6) is 0 Å². The molecule has 1 nitrogen and oxygen atoms in total. The quantitative estimate of drug-likeness (QED) is 0.787. The van der Waals surface area contributed by atoms with Crippen molar-refractivity contribution in [3.05, 3.63) is 35.4 Å². The smallest absolute Gasteiger partial charge is 0.0571 e. The second-order valence-electron chi connectivity index (χ2n) is 5.78. The number of hydrogen-bond donors (Lipinski definition) is 1. The molecule has 1 aliphatic rings. The van der Waals surface area contributed by atoms with Crippen LogP contribution in [0.1, 0.15) is 56.1 Å². The molecule has 0 amide bonds. The summed E-state index contributed by atoms with van der Waals surface area (Å²) in [5.74, 6) is 0.552. The third-order valence-corrected chi connectivity index (χ3v) is 4.41. The molecule has 18 heavy (non-hydrogen) atoms. The van der Waals surface area contributed by atoms with Crippen molar-refractivity contribution in [2.75, 3.05) is 0 Å². The first-order chi connectivity index (χ1) is 8.77. The van der Waals surface area contributed by atoms with Crippen LogP contribution in [0.3, 0.4) is 0 Å². The fraction of sp³-hybridized carbons (Fsp3) is 0.647. The van der Waals surface area contributed by atoms with Gasteiger partial charge in [0.15, 0.2) is 0 Å². The highest BCUT2D eigenvalue weighted by molar-refractivity contribution is 5.25. The summed E-state index contributed by atoms with van der Waals surface area (Å²) >= 11 is 0. The van der Waals surface area contributed by atoms with Crippen LogP contribution in [0.2, 0.25) is 0 Å². The van der Waals surface area contributed by atoms with Gasteiger partial charge in [-0.2, -0.15) is 0 Å². The zero-order valence-corrected chi connectivity index (χ0v) is 11.6. The molecule has 0 radical (unpaired) electrons. The monoisotopic (exact) mass is 246 g/mol. The number of aryl methyl sites for hydroxylation is 2. The van der Waals surface area contributed by atoms with Gasteiger partial charge < -0.3 is 5.11 Å². The number of hydrogen-bond acceptors (Lipinski definition) is 1. The van der Waals surface area contributed by atoms with Crippen molar-refractivity contribution in [3.63, 3.8) is 0 Å². The molecule has 0 bridgehead atoms. The Balaban J connectivity index is 1.83. The van der Waals surface area contributed by atoms with Gasteiger partial charge in [0, 0.05) is 0 Å². The maximum atomic E-state index is 10.4. The molecule has 0 spiro atoms. The van der Waals surface area contributed by atoms with Crippen molar-refractivity contribution in [1.29, 1.82) is 0 Å². The van der Waals surface area contributed by atoms with E-state index in [1.807, 2.05) is 0 Å². The minimum absolute atomic E-state index is 0.0947. The molecular formula is C17H26O. The third kappa shape index (κ3) is 3.84. The van der Waals surface area contributed by atoms with Crippen LogP contribution in [0.25, 0.3) is 0 Å². The van der Waals surface area contributed by atoms with Gasteiger partial charge in [0.1, 0.15) is 0 Å². The van der Waals surface area contributed by atoms with Crippen LogP contribution >= 0.6 is 0 Å². The van der Waals surface area contributed by atoms with E-state index in [1.54, 1.807) is 0 Å². The highest BCUT2D eigenvalue weighted by Crippen LogP contribution is 2.27. The Bertz CT molecular complexity index is 350. The molecule has 0 heterocycles. The Labute approximate surface area is 111 Å². The van der Waals surface area contributed by atoms with Crippen molar-refractivity contribution < 1.29 is 5.11 Å². The Morgan fingerprint density at radius 1 is 1.11 bits per heavy atom. The SMILES string of the molecule is Cc1ccccc1CCC(O)C1CCCCCC1. The molecule has 0 aromatic heterocycles. The summed E-state index contributed by atoms with van der Waals surface area (Å²) in [7, 11) is 0. The fourth-order valence-corrected chi connectivity index (χ4v) is 3.13. The van der Waals surface area contributed by atoms with E-state index in [9.17, 15) is 5.11 Å². The van der Waals surface area contributed by atoms with E-state index in [0.29, 0.717) is 5.92 Å². The molecule has 1 saturated carbocycles. The molecule has 1 aromatic rings. The zero-order valence-electron chi connectivity index (χ0n) is 11.6. The maximum absolute atomic E-state index is 10.4. The fourth-order valence-electron chi connectivity index (χ4n) is 3.13. The first kappa shape index (κ1) is 13.6. The lowest BCUT2D eigenvalue weighted by molar-refractivity contribution is 0.0904. The van der Waals surface area contributed by atoms with Gasteiger partial charge in [-0.05, 0) is 49.7 Å². The van der Waals surface area contributed by atoms with Crippen LogP contribution in [-0.2, 0) is 6.42 Å². The number of benzene rings is 1. The first-order valence-corrected chi connectivity index (χ1v) is 7.50. The van der Waals surface area contributed by atoms with Gasteiger partial charge in [-0.1, -0.05) is 49.9 Å². The molecule has 1 atom stereocenters. The minimum Gasteiger partial charge on any atom is -0.393 e. The largest absolute Gasteiger partial charge is 0.393 e. The van der Waals surface area contributed by atoms with E-state index in [1.165, 1.54) is 49.7 Å². The summed E-state index contributed by atoms with van der Waals surface area (Å²) < 4.78 is 0. The predicted molar refractivity (Wildman–Crippen MR) is 76.7 cm³/mol. The van der Waals surface area contributed by atoms with E-state index in [-0.39, 0.29) is 6.10 Å². The highest BCUT2D eigenvalue weighted by Gasteiger charge is 2.20. The second-order valence-corrected chi connectivity index (χ2v) is 5.78. The molecule has 1 unspecified atom stereocenters. The summed E-state index contributed by atoms with van der Waals surface area (Å²) in [6.45, 7) is 2.16. The van der Waals surface area contributed by atoms with Crippen LogP contribution in [0, 0.1) is 12.8 Å². The lowest BCUT2D eigenvalue weighted by Crippen LogP contribution is -2.20. The van der Waals surface area contributed by atoms with Crippen molar-refractivity contribution in [3.8, 4) is 0 Å². The van der Waals surface area contributed by atoms with Crippen LogP contribution < -0.4 is 0 Å². The van der Waals surface area contributed by atoms with Gasteiger partial charge in [0.05, 0.1) is 6.10 Å². The molecular weight excluding hydrogens is 220 g/mol. The van der Waals surface area contributed by atoms with Crippen molar-refractivity contribution >= 4 is 0 Å². The number of aliphatic hydroxyl groups is 1. The summed E-state index contributed by atoms with van der Waals surface area (Å²) in [5, 5.41) is 10.4. The average molecular weight is 246 g/mol. The minimum atomic E-state index is -0.0947. The van der Waals surface area contributed by atoms with Crippen molar-refractivity contribution in [2.24, 2.45) is 5.92 Å². The lowest BCUT2D eigenvalue weighted by atomic mass is 9.89. The summed E-state index contributed by atoms with van der Waals surface area (Å²) in [6.07, 6.45) is 9.66. The molecule has 1 N–H and O–H groups in total. The first-order valence-electron chi connectivity index (χ1n) is 7.50. The Kier molecular flexibility index (Phi) is 5.25. The van der Waals surface area contributed by atoms with Gasteiger partial charge in [-0.25, -0.2) is 0 Å². The standard InChI is InChI=1S/C17H26O/c1-14-8-6-7-9-15(14)12-13-17(18)16-10-4-2-3-5-11-16/h6-9,16-18H,2-5,10-13H2,1H3. The highest BCUT2D eigenvalue weighted by atomic mass is 16.3. The van der Waals surface area contributed by atoms with E-state index >= 15 is 0 Å². The topological polar surface area (TPSA) is 20.2 Å². The molecule has 0 aliphatic heterocycles. The lowest BCUT2D eigenvalue weighted by Gasteiger charge is -2.21. The second kappa shape index (κ2) is 6.94. The molecule has 2 rings (SSSR count). The number of rotatable bonds is 4. The van der Waals surface area contributed by atoms with Crippen molar-refractivity contribution in [2.45, 2.75) is 64.4 Å². The van der Waals surface area contributed by atoms with Gasteiger partial charge >= 0.3 is 0 Å². The zero-order chi connectivity index (χ0) is 12.8.